The molecule has 0 aliphatic carbocycles. The van der Waals surface area contributed by atoms with Crippen LogP contribution in [0.25, 0.3) is 5.52 Å². The van der Waals surface area contributed by atoms with E-state index in [1.54, 1.807) is 19.1 Å². The third-order valence-electron chi connectivity index (χ3n) is 6.01. The molecule has 3 heterocycles. The number of ether oxygens (including phenoxy) is 2. The van der Waals surface area contributed by atoms with Gasteiger partial charge >= 0.3 is 7.82 Å². The summed E-state index contributed by atoms with van der Waals surface area (Å²) >= 11 is 0. The van der Waals surface area contributed by atoms with Crippen LogP contribution in [-0.4, -0.2) is 79.0 Å². The second kappa shape index (κ2) is 10.9. The van der Waals surface area contributed by atoms with Gasteiger partial charge in [0.25, 0.3) is 0 Å². The molecule has 36 heavy (non-hydrogen) atoms. The van der Waals surface area contributed by atoms with Crippen molar-refractivity contribution in [1.29, 1.82) is 0 Å². The van der Waals surface area contributed by atoms with Crippen LogP contribution in [0.2, 0.25) is 0 Å². The predicted octanol–water partition coefficient (Wildman–Crippen LogP) is 0.359. The number of fused-ring (bicyclic) bond motifs is 1. The van der Waals surface area contributed by atoms with E-state index in [-0.39, 0.29) is 12.4 Å². The molecule has 0 radical (unpaired) electrons. The standard InChI is InChI=1S/C22H29N4O9P/c1-22(18-8-7-16-21(23)24-13-25-26(16)18)20(29)19(28)17(35-22)12-34-36(30,31)33-11-15(9-27)32-10-14-5-3-2-4-6-14/h2-8,13,15,17,19-20,27-29H,9-12H2,1H3,(H,30,31)(H2,23,24,25)/t15-,17-,19?,20?,22+/m1/s1. The summed E-state index contributed by atoms with van der Waals surface area (Å²) in [5.74, 6) is 0.222. The number of hydrogen-bond donors (Lipinski definition) is 5. The highest BCUT2D eigenvalue weighted by atomic mass is 31.2. The van der Waals surface area contributed by atoms with Gasteiger partial charge in [-0.2, -0.15) is 5.10 Å². The van der Waals surface area contributed by atoms with Crippen LogP contribution in [0, 0.1) is 0 Å². The smallest absolute Gasteiger partial charge is 0.394 e. The fourth-order valence-electron chi connectivity index (χ4n) is 3.98. The number of aliphatic hydroxyl groups is 3. The second-order valence-corrected chi connectivity index (χ2v) is 9.97. The highest BCUT2D eigenvalue weighted by molar-refractivity contribution is 7.47. The Bertz CT molecular complexity index is 1210. The summed E-state index contributed by atoms with van der Waals surface area (Å²) in [6.45, 7) is 0.308. The Kier molecular flexibility index (Phi) is 8.05. The predicted molar refractivity (Wildman–Crippen MR) is 125 cm³/mol. The molecule has 13 nitrogen and oxygen atoms in total. The van der Waals surface area contributed by atoms with Crippen molar-refractivity contribution < 1.29 is 43.3 Å². The van der Waals surface area contributed by atoms with Crippen molar-refractivity contribution in [3.63, 3.8) is 0 Å². The topological polar surface area (TPSA) is 191 Å². The number of hydrogen-bond acceptors (Lipinski definition) is 11. The van der Waals surface area contributed by atoms with Crippen molar-refractivity contribution in [3.05, 3.63) is 60.0 Å². The molecule has 4 rings (SSSR count). The quantitative estimate of drug-likeness (QED) is 0.217. The van der Waals surface area contributed by atoms with Crippen LogP contribution in [0.5, 0.6) is 0 Å². The molecule has 3 unspecified atom stereocenters. The van der Waals surface area contributed by atoms with Crippen LogP contribution >= 0.6 is 7.82 Å². The summed E-state index contributed by atoms with van der Waals surface area (Å²) in [6, 6.07) is 12.5. The van der Waals surface area contributed by atoms with Gasteiger partial charge in [0.15, 0.2) is 5.82 Å². The van der Waals surface area contributed by atoms with Gasteiger partial charge in [-0.3, -0.25) is 9.05 Å². The molecule has 14 heteroatoms. The summed E-state index contributed by atoms with van der Waals surface area (Å²) in [7, 11) is -4.61. The van der Waals surface area contributed by atoms with Crippen molar-refractivity contribution in [1.82, 2.24) is 14.6 Å². The van der Waals surface area contributed by atoms with E-state index in [0.29, 0.717) is 11.2 Å². The van der Waals surface area contributed by atoms with Gasteiger partial charge in [-0.25, -0.2) is 14.1 Å². The summed E-state index contributed by atoms with van der Waals surface area (Å²) in [5, 5.41) is 34.9. The van der Waals surface area contributed by atoms with Crippen LogP contribution in [0.3, 0.4) is 0 Å². The van der Waals surface area contributed by atoms with E-state index in [9.17, 15) is 24.8 Å². The number of nitrogens with zero attached hydrogens (tertiary/aromatic N) is 3. The van der Waals surface area contributed by atoms with Crippen molar-refractivity contribution in [2.24, 2.45) is 0 Å². The number of rotatable bonds is 11. The molecule has 196 valence electrons. The molecular weight excluding hydrogens is 495 g/mol. The Balaban J connectivity index is 1.34. The van der Waals surface area contributed by atoms with Crippen molar-refractivity contribution in [2.45, 2.75) is 43.5 Å². The zero-order valence-corrected chi connectivity index (χ0v) is 20.3. The third kappa shape index (κ3) is 5.59. The average molecular weight is 524 g/mol. The molecular formula is C22H29N4O9P. The van der Waals surface area contributed by atoms with Crippen molar-refractivity contribution >= 4 is 19.2 Å². The number of anilines is 1. The Labute approximate surface area is 206 Å². The Morgan fingerprint density at radius 2 is 1.97 bits per heavy atom. The maximum atomic E-state index is 12.4. The lowest BCUT2D eigenvalue weighted by atomic mass is 9.93. The van der Waals surface area contributed by atoms with E-state index in [1.165, 1.54) is 10.8 Å². The van der Waals surface area contributed by atoms with Crippen molar-refractivity contribution in [2.75, 3.05) is 25.6 Å². The van der Waals surface area contributed by atoms with Gasteiger partial charge in [-0.05, 0) is 24.6 Å². The Morgan fingerprint density at radius 1 is 1.22 bits per heavy atom. The van der Waals surface area contributed by atoms with Gasteiger partial charge in [0.05, 0.1) is 32.1 Å². The number of benzene rings is 1. The first-order chi connectivity index (χ1) is 17.1. The van der Waals surface area contributed by atoms with Crippen LogP contribution < -0.4 is 5.73 Å². The van der Waals surface area contributed by atoms with E-state index in [0.717, 1.165) is 5.56 Å². The second-order valence-electron chi connectivity index (χ2n) is 8.52. The SMILES string of the molecule is C[C@@]1(c2ccc3c(N)ncnn23)O[C@H](COP(=O)(O)OC[C@@H](CO)OCc2ccccc2)C(O)C1O. The fourth-order valence-corrected chi connectivity index (χ4v) is 4.74. The van der Waals surface area contributed by atoms with Crippen LogP contribution in [-0.2, 0) is 35.3 Å². The largest absolute Gasteiger partial charge is 0.472 e. The molecule has 1 saturated heterocycles. The lowest BCUT2D eigenvalue weighted by Crippen LogP contribution is -2.39. The molecule has 1 aliphatic heterocycles. The molecule has 0 bridgehead atoms. The van der Waals surface area contributed by atoms with Gasteiger partial charge in [0.1, 0.15) is 41.9 Å². The summed E-state index contributed by atoms with van der Waals surface area (Å²) < 4.78 is 35.2. The van der Waals surface area contributed by atoms with E-state index >= 15 is 0 Å². The molecule has 6 N–H and O–H groups in total. The van der Waals surface area contributed by atoms with Gasteiger partial charge in [-0.15, -0.1) is 0 Å². The number of aromatic nitrogens is 3. The summed E-state index contributed by atoms with van der Waals surface area (Å²) in [6.07, 6.45) is -3.65. The molecule has 0 saturated carbocycles. The highest BCUT2D eigenvalue weighted by Gasteiger charge is 2.54. The minimum absolute atomic E-state index is 0.176. The molecule has 1 aromatic carbocycles. The van der Waals surface area contributed by atoms with E-state index in [1.807, 2.05) is 30.3 Å². The first-order valence-electron chi connectivity index (χ1n) is 11.2. The van der Waals surface area contributed by atoms with Crippen LogP contribution in [0.4, 0.5) is 5.82 Å². The van der Waals surface area contributed by atoms with E-state index in [4.69, 9.17) is 24.3 Å². The molecule has 0 amide bonds. The normalized spacial score (nSPS) is 26.8. The number of aliphatic hydroxyl groups excluding tert-OH is 3. The van der Waals surface area contributed by atoms with Crippen LogP contribution in [0.15, 0.2) is 48.8 Å². The van der Waals surface area contributed by atoms with Gasteiger partial charge in [0, 0.05) is 0 Å². The maximum Gasteiger partial charge on any atom is 0.472 e. The first-order valence-corrected chi connectivity index (χ1v) is 12.6. The van der Waals surface area contributed by atoms with Gasteiger partial charge in [0.2, 0.25) is 0 Å². The van der Waals surface area contributed by atoms with Gasteiger partial charge < -0.3 is 35.4 Å². The van der Waals surface area contributed by atoms with Crippen molar-refractivity contribution in [3.8, 4) is 0 Å². The Hall–Kier alpha value is -2.45. The third-order valence-corrected chi connectivity index (χ3v) is 6.96. The van der Waals surface area contributed by atoms with Crippen LogP contribution in [0.1, 0.15) is 18.2 Å². The summed E-state index contributed by atoms with van der Waals surface area (Å²) in [4.78, 5) is 14.0. The number of phosphoric ester groups is 1. The minimum atomic E-state index is -4.61. The maximum absolute atomic E-state index is 12.4. The van der Waals surface area contributed by atoms with E-state index < -0.39 is 57.7 Å². The molecule has 3 aromatic rings. The zero-order valence-electron chi connectivity index (χ0n) is 19.5. The van der Waals surface area contributed by atoms with E-state index in [2.05, 4.69) is 10.1 Å². The summed E-state index contributed by atoms with van der Waals surface area (Å²) in [5.41, 5.74) is 6.17. The molecule has 0 spiro atoms. The molecule has 6 atom stereocenters. The minimum Gasteiger partial charge on any atom is -0.394 e. The molecule has 1 aliphatic rings. The first kappa shape index (κ1) is 26.6. The number of nitrogen functional groups attached to an aromatic ring is 1. The van der Waals surface area contributed by atoms with Gasteiger partial charge in [-0.1, -0.05) is 30.3 Å². The number of nitrogens with two attached hydrogens (primary N) is 1. The Morgan fingerprint density at radius 3 is 2.69 bits per heavy atom. The monoisotopic (exact) mass is 524 g/mol. The highest BCUT2D eigenvalue weighted by Crippen LogP contribution is 2.46. The lowest BCUT2D eigenvalue weighted by molar-refractivity contribution is -0.0897. The fraction of sp³-hybridized carbons (Fsp3) is 0.455. The average Bonchev–Trinajstić information content (AvgIpc) is 3.40. The molecule has 2 aromatic heterocycles. The molecule has 1 fully saturated rings. The zero-order chi connectivity index (χ0) is 25.9. The number of phosphoric acid groups is 1. The lowest BCUT2D eigenvalue weighted by Gasteiger charge is -2.27.